The van der Waals surface area contributed by atoms with E-state index in [4.69, 9.17) is 4.74 Å². The second kappa shape index (κ2) is 7.13. The maximum atomic E-state index is 5.29. The molecule has 0 fully saturated rings. The monoisotopic (exact) mass is 363 g/mol. The molecule has 2 aromatic carbocycles. The predicted molar refractivity (Wildman–Crippen MR) is 102 cm³/mol. The topological polar surface area (TPSA) is 65.7 Å². The molecule has 0 aliphatic heterocycles. The number of rotatable bonds is 5. The highest BCUT2D eigenvalue weighted by Crippen LogP contribution is 2.36. The summed E-state index contributed by atoms with van der Waals surface area (Å²) in [4.78, 5) is 8.81. The molecule has 7 heteroatoms. The molecule has 130 valence electrons. The fourth-order valence-corrected chi connectivity index (χ4v) is 3.67. The predicted octanol–water partition coefficient (Wildman–Crippen LogP) is 4.07. The molecule has 0 radical (unpaired) electrons. The van der Waals surface area contributed by atoms with Gasteiger partial charge in [-0.1, -0.05) is 53.4 Å². The van der Waals surface area contributed by atoms with Crippen LogP contribution in [0.2, 0.25) is 0 Å². The lowest BCUT2D eigenvalue weighted by Gasteiger charge is -2.10. The van der Waals surface area contributed by atoms with Crippen LogP contribution in [0.4, 0.5) is 0 Å². The Morgan fingerprint density at radius 1 is 1.04 bits per heavy atom. The molecule has 0 aliphatic carbocycles. The second-order valence-electron chi connectivity index (χ2n) is 5.72. The van der Waals surface area contributed by atoms with Crippen LogP contribution in [0.15, 0.2) is 66.0 Å². The van der Waals surface area contributed by atoms with E-state index < -0.39 is 0 Å². The van der Waals surface area contributed by atoms with E-state index in [1.165, 1.54) is 5.56 Å². The number of hydrogen-bond acceptors (Lipinski definition) is 6. The first-order chi connectivity index (χ1) is 12.8. The third-order valence-electron chi connectivity index (χ3n) is 4.06. The lowest BCUT2D eigenvalue weighted by molar-refractivity contribution is 0.414. The first-order valence-corrected chi connectivity index (χ1v) is 9.06. The summed E-state index contributed by atoms with van der Waals surface area (Å²) in [7, 11) is 1.64. The zero-order valence-corrected chi connectivity index (χ0v) is 15.2. The Labute approximate surface area is 155 Å². The van der Waals surface area contributed by atoms with E-state index in [-0.39, 0.29) is 5.25 Å². The van der Waals surface area contributed by atoms with Crippen molar-refractivity contribution in [1.29, 1.82) is 0 Å². The van der Waals surface area contributed by atoms with Crippen LogP contribution in [-0.4, -0.2) is 32.1 Å². The first-order valence-electron chi connectivity index (χ1n) is 8.18. The van der Waals surface area contributed by atoms with E-state index in [2.05, 4.69) is 39.3 Å². The largest absolute Gasteiger partial charge is 0.497 e. The van der Waals surface area contributed by atoms with Crippen molar-refractivity contribution in [2.24, 2.45) is 0 Å². The lowest BCUT2D eigenvalue weighted by Crippen LogP contribution is -1.99. The van der Waals surface area contributed by atoms with Gasteiger partial charge in [0.15, 0.2) is 11.2 Å². The quantitative estimate of drug-likeness (QED) is 0.393. The van der Waals surface area contributed by atoms with Gasteiger partial charge in [0.05, 0.1) is 12.8 Å². The Hall–Kier alpha value is -2.93. The number of ether oxygens (including phenoxy) is 1. The summed E-state index contributed by atoms with van der Waals surface area (Å²) in [5.41, 5.74) is 3.46. The lowest BCUT2D eigenvalue weighted by atomic mass is 10.2. The van der Waals surface area contributed by atoms with Crippen LogP contribution in [0.3, 0.4) is 0 Å². The average molecular weight is 363 g/mol. The van der Waals surface area contributed by atoms with Gasteiger partial charge in [0.25, 0.3) is 0 Å². The zero-order chi connectivity index (χ0) is 17.9. The van der Waals surface area contributed by atoms with Crippen molar-refractivity contribution in [3.8, 4) is 11.4 Å². The number of nitrogens with zero attached hydrogens (tertiary/aromatic N) is 5. The third kappa shape index (κ3) is 3.13. The Balaban J connectivity index is 1.71. The fourth-order valence-electron chi connectivity index (χ4n) is 2.69. The SMILES string of the molecule is COc1cccc(-n2nnc3c(SC(C)c4ccccc4)ncnc32)c1. The standard InChI is InChI=1S/C19H17N5OS/c1-13(14-7-4-3-5-8-14)26-19-17-18(20-12-21-19)24(23-22-17)15-9-6-10-16(11-15)25-2/h3-13H,1-2H3. The highest BCUT2D eigenvalue weighted by atomic mass is 32.2. The molecule has 0 spiro atoms. The van der Waals surface area contributed by atoms with Crippen molar-refractivity contribution in [3.63, 3.8) is 0 Å². The average Bonchev–Trinajstić information content (AvgIpc) is 3.14. The second-order valence-corrected chi connectivity index (χ2v) is 7.05. The molecule has 0 amide bonds. The Morgan fingerprint density at radius 3 is 2.69 bits per heavy atom. The van der Waals surface area contributed by atoms with Crippen molar-refractivity contribution < 1.29 is 4.74 Å². The normalized spacial score (nSPS) is 12.2. The summed E-state index contributed by atoms with van der Waals surface area (Å²) >= 11 is 1.65. The molecule has 0 N–H and O–H groups in total. The molecular weight excluding hydrogens is 346 g/mol. The molecule has 6 nitrogen and oxygen atoms in total. The van der Waals surface area contributed by atoms with Gasteiger partial charge >= 0.3 is 0 Å². The van der Waals surface area contributed by atoms with Crippen LogP contribution in [0.5, 0.6) is 5.75 Å². The van der Waals surface area contributed by atoms with E-state index in [0.29, 0.717) is 11.2 Å². The highest BCUT2D eigenvalue weighted by molar-refractivity contribution is 7.99. The third-order valence-corrected chi connectivity index (χ3v) is 5.21. The van der Waals surface area contributed by atoms with Crippen LogP contribution in [0, 0.1) is 0 Å². The van der Waals surface area contributed by atoms with Crippen molar-refractivity contribution in [2.45, 2.75) is 17.2 Å². The van der Waals surface area contributed by atoms with Gasteiger partial charge in [-0.3, -0.25) is 0 Å². The van der Waals surface area contributed by atoms with Crippen molar-refractivity contribution in [2.75, 3.05) is 7.11 Å². The summed E-state index contributed by atoms with van der Waals surface area (Å²) in [6.45, 7) is 2.15. The van der Waals surface area contributed by atoms with Gasteiger partial charge in [0.1, 0.15) is 17.1 Å². The molecule has 0 saturated carbocycles. The van der Waals surface area contributed by atoms with Gasteiger partial charge in [-0.15, -0.1) is 5.10 Å². The van der Waals surface area contributed by atoms with Crippen molar-refractivity contribution in [3.05, 3.63) is 66.5 Å². The Kier molecular flexibility index (Phi) is 4.53. The van der Waals surface area contributed by atoms with Gasteiger partial charge in [0, 0.05) is 11.3 Å². The number of fused-ring (bicyclic) bond motifs is 1. The maximum absolute atomic E-state index is 5.29. The molecule has 1 atom stereocenters. The molecule has 4 aromatic rings. The highest BCUT2D eigenvalue weighted by Gasteiger charge is 2.16. The van der Waals surface area contributed by atoms with E-state index in [9.17, 15) is 0 Å². The molecule has 1 unspecified atom stereocenters. The van der Waals surface area contributed by atoms with Crippen molar-refractivity contribution >= 4 is 22.9 Å². The summed E-state index contributed by atoms with van der Waals surface area (Å²) in [6.07, 6.45) is 1.56. The molecule has 0 bridgehead atoms. The molecular formula is C19H17N5OS. The molecule has 0 aliphatic rings. The number of methoxy groups -OCH3 is 1. The van der Waals surface area contributed by atoms with E-state index in [1.54, 1.807) is 29.9 Å². The van der Waals surface area contributed by atoms with Crippen LogP contribution in [-0.2, 0) is 0 Å². The zero-order valence-electron chi connectivity index (χ0n) is 14.4. The molecule has 4 rings (SSSR count). The number of aromatic nitrogens is 5. The van der Waals surface area contributed by atoms with Gasteiger partial charge in [-0.05, 0) is 24.6 Å². The summed E-state index contributed by atoms with van der Waals surface area (Å²) in [6, 6.07) is 18.0. The number of benzene rings is 2. The van der Waals surface area contributed by atoms with E-state index >= 15 is 0 Å². The van der Waals surface area contributed by atoms with Crippen molar-refractivity contribution in [1.82, 2.24) is 25.0 Å². The van der Waals surface area contributed by atoms with Crippen LogP contribution in [0.1, 0.15) is 17.7 Å². The maximum Gasteiger partial charge on any atom is 0.187 e. The summed E-state index contributed by atoms with van der Waals surface area (Å²) in [5.74, 6) is 0.757. The van der Waals surface area contributed by atoms with Gasteiger partial charge < -0.3 is 4.74 Å². The Morgan fingerprint density at radius 2 is 1.88 bits per heavy atom. The smallest absolute Gasteiger partial charge is 0.187 e. The Bertz CT molecular complexity index is 1030. The van der Waals surface area contributed by atoms with Crippen LogP contribution < -0.4 is 4.74 Å². The fraction of sp³-hybridized carbons (Fsp3) is 0.158. The molecule has 2 aromatic heterocycles. The van der Waals surface area contributed by atoms with Gasteiger partial charge in [-0.2, -0.15) is 4.68 Å². The number of hydrogen-bond donors (Lipinski definition) is 0. The minimum atomic E-state index is 0.247. The summed E-state index contributed by atoms with van der Waals surface area (Å²) < 4.78 is 7.00. The first kappa shape index (κ1) is 16.5. The van der Waals surface area contributed by atoms with Gasteiger partial charge in [-0.25, -0.2) is 9.97 Å². The molecule has 2 heterocycles. The number of thioether (sulfide) groups is 1. The minimum absolute atomic E-state index is 0.247. The van der Waals surface area contributed by atoms with Crippen LogP contribution in [0.25, 0.3) is 16.9 Å². The van der Waals surface area contributed by atoms with Gasteiger partial charge in [0.2, 0.25) is 0 Å². The van der Waals surface area contributed by atoms with E-state index in [0.717, 1.165) is 16.5 Å². The molecule has 0 saturated heterocycles. The minimum Gasteiger partial charge on any atom is -0.497 e. The van der Waals surface area contributed by atoms with Crippen LogP contribution >= 0.6 is 11.8 Å². The summed E-state index contributed by atoms with van der Waals surface area (Å²) in [5, 5.41) is 9.67. The molecule has 26 heavy (non-hydrogen) atoms. The van der Waals surface area contributed by atoms with E-state index in [1.807, 2.05) is 42.5 Å².